The molecule has 1 aromatic heterocycles. The molecule has 5 nitrogen and oxygen atoms in total. The van der Waals surface area contributed by atoms with Gasteiger partial charge in [0, 0.05) is 18.8 Å². The highest BCUT2D eigenvalue weighted by Crippen LogP contribution is 2.24. The first kappa shape index (κ1) is 18.5. The molecule has 3 aromatic rings. The number of amides is 1. The minimum absolute atomic E-state index is 0.122. The Bertz CT molecular complexity index is 896. The van der Waals surface area contributed by atoms with Gasteiger partial charge in [0.05, 0.1) is 22.3 Å². The number of hydrogen-bond acceptors (Lipinski definition) is 3. The van der Waals surface area contributed by atoms with Crippen molar-refractivity contribution in [3.63, 3.8) is 0 Å². The lowest BCUT2D eigenvalue weighted by Crippen LogP contribution is -2.30. The Labute approximate surface area is 162 Å². The van der Waals surface area contributed by atoms with Crippen LogP contribution in [0, 0.1) is 0 Å². The van der Waals surface area contributed by atoms with Gasteiger partial charge in [0.1, 0.15) is 0 Å². The molecule has 0 radical (unpaired) electrons. The lowest BCUT2D eigenvalue weighted by molar-refractivity contribution is -0.117. The molecule has 0 aliphatic carbocycles. The summed E-state index contributed by atoms with van der Waals surface area (Å²) in [5, 5.41) is 8.09. The van der Waals surface area contributed by atoms with Gasteiger partial charge in [-0.3, -0.25) is 9.69 Å². The highest BCUT2D eigenvalue weighted by atomic mass is 35.5. The van der Waals surface area contributed by atoms with Crippen molar-refractivity contribution in [2.45, 2.75) is 6.54 Å². The third kappa shape index (κ3) is 4.85. The largest absolute Gasteiger partial charge is 0.308 e. The molecule has 0 saturated heterocycles. The number of carbonyl (C=O) groups is 1. The summed E-state index contributed by atoms with van der Waals surface area (Å²) < 4.78 is 1.63. The number of anilines is 1. The Hall–Kier alpha value is -2.34. The predicted octanol–water partition coefficient (Wildman–Crippen LogP) is 4.25. The number of aromatic nitrogens is 2. The van der Waals surface area contributed by atoms with Crippen molar-refractivity contribution in [2.75, 3.05) is 18.9 Å². The first-order valence-corrected chi connectivity index (χ1v) is 8.80. The van der Waals surface area contributed by atoms with Crippen LogP contribution in [0.5, 0.6) is 0 Å². The van der Waals surface area contributed by atoms with Gasteiger partial charge in [0.2, 0.25) is 5.91 Å². The fourth-order valence-electron chi connectivity index (χ4n) is 2.54. The molecule has 3 rings (SSSR count). The van der Waals surface area contributed by atoms with E-state index in [1.54, 1.807) is 35.1 Å². The summed E-state index contributed by atoms with van der Waals surface area (Å²) in [6.07, 6.45) is 1.75. The second kappa shape index (κ2) is 8.36. The third-order valence-corrected chi connectivity index (χ3v) is 4.47. The van der Waals surface area contributed by atoms with E-state index in [4.69, 9.17) is 23.2 Å². The molecule has 0 bridgehead atoms. The van der Waals surface area contributed by atoms with Crippen molar-refractivity contribution < 1.29 is 4.79 Å². The number of nitrogens with zero attached hydrogens (tertiary/aromatic N) is 3. The smallest absolute Gasteiger partial charge is 0.239 e. The summed E-state index contributed by atoms with van der Waals surface area (Å²) in [5.41, 5.74) is 1.92. The molecule has 26 heavy (non-hydrogen) atoms. The number of rotatable bonds is 6. The van der Waals surface area contributed by atoms with E-state index in [0.717, 1.165) is 11.3 Å². The van der Waals surface area contributed by atoms with E-state index in [1.165, 1.54) is 0 Å². The van der Waals surface area contributed by atoms with Crippen LogP contribution in [0.1, 0.15) is 5.56 Å². The van der Waals surface area contributed by atoms with E-state index in [9.17, 15) is 4.79 Å². The number of halogens is 2. The monoisotopic (exact) mass is 388 g/mol. The molecule has 2 aromatic carbocycles. The van der Waals surface area contributed by atoms with E-state index >= 15 is 0 Å². The molecule has 0 saturated carbocycles. The Morgan fingerprint density at radius 3 is 2.62 bits per heavy atom. The molecule has 0 aliphatic heterocycles. The number of nitrogens with one attached hydrogen (secondary N) is 1. The first-order chi connectivity index (χ1) is 12.5. The topological polar surface area (TPSA) is 50.2 Å². The summed E-state index contributed by atoms with van der Waals surface area (Å²) in [6.45, 7) is 0.973. The predicted molar refractivity (Wildman–Crippen MR) is 105 cm³/mol. The highest BCUT2D eigenvalue weighted by Gasteiger charge is 2.10. The Morgan fingerprint density at radius 1 is 1.12 bits per heavy atom. The van der Waals surface area contributed by atoms with Gasteiger partial charge in [-0.25, -0.2) is 4.68 Å². The molecule has 0 unspecified atom stereocenters. The summed E-state index contributed by atoms with van der Waals surface area (Å²) in [6, 6.07) is 17.0. The molecule has 134 valence electrons. The Kier molecular flexibility index (Phi) is 5.93. The van der Waals surface area contributed by atoms with Gasteiger partial charge in [0.25, 0.3) is 0 Å². The molecule has 1 N–H and O–H groups in total. The molecule has 1 heterocycles. The SMILES string of the molecule is CN(CC(=O)Nc1ccn(-c2ccc(Cl)c(Cl)c2)n1)Cc1ccccc1. The van der Waals surface area contributed by atoms with Gasteiger partial charge in [0.15, 0.2) is 5.82 Å². The summed E-state index contributed by atoms with van der Waals surface area (Å²) in [4.78, 5) is 14.2. The lowest BCUT2D eigenvalue weighted by atomic mass is 10.2. The van der Waals surface area contributed by atoms with E-state index in [2.05, 4.69) is 10.4 Å². The van der Waals surface area contributed by atoms with Crippen LogP contribution in [0.3, 0.4) is 0 Å². The first-order valence-electron chi connectivity index (χ1n) is 8.05. The molecule has 1 amide bonds. The van der Waals surface area contributed by atoms with Crippen LogP contribution in [0.25, 0.3) is 5.69 Å². The molecule has 7 heteroatoms. The van der Waals surface area contributed by atoms with Gasteiger partial charge in [-0.2, -0.15) is 5.10 Å². The van der Waals surface area contributed by atoms with Crippen molar-refractivity contribution in [1.82, 2.24) is 14.7 Å². The van der Waals surface area contributed by atoms with E-state index in [-0.39, 0.29) is 12.5 Å². The van der Waals surface area contributed by atoms with Gasteiger partial charge in [-0.1, -0.05) is 53.5 Å². The van der Waals surface area contributed by atoms with E-state index in [1.807, 2.05) is 42.3 Å². The lowest BCUT2D eigenvalue weighted by Gasteiger charge is -2.15. The van der Waals surface area contributed by atoms with Gasteiger partial charge in [-0.05, 0) is 30.8 Å². The maximum absolute atomic E-state index is 12.2. The number of benzene rings is 2. The fourth-order valence-corrected chi connectivity index (χ4v) is 2.83. The van der Waals surface area contributed by atoms with Crippen LogP contribution in [0.2, 0.25) is 10.0 Å². The third-order valence-electron chi connectivity index (χ3n) is 3.73. The molecule has 0 aliphatic rings. The molecule has 0 atom stereocenters. The number of likely N-dealkylation sites (N-methyl/N-ethyl adjacent to an activating group) is 1. The van der Waals surface area contributed by atoms with Crippen LogP contribution in [0.15, 0.2) is 60.8 Å². The fraction of sp³-hybridized carbons (Fsp3) is 0.158. The minimum Gasteiger partial charge on any atom is -0.308 e. The molecule has 0 spiro atoms. The van der Waals surface area contributed by atoms with Crippen molar-refractivity contribution in [2.24, 2.45) is 0 Å². The van der Waals surface area contributed by atoms with E-state index in [0.29, 0.717) is 22.4 Å². The summed E-state index contributed by atoms with van der Waals surface area (Å²) >= 11 is 12.0. The summed E-state index contributed by atoms with van der Waals surface area (Å²) in [5.74, 6) is 0.358. The molecular formula is C19H18Cl2N4O. The molecule has 0 fully saturated rings. The van der Waals surface area contributed by atoms with Crippen molar-refractivity contribution in [3.8, 4) is 5.69 Å². The Balaban J connectivity index is 1.58. The summed E-state index contributed by atoms with van der Waals surface area (Å²) in [7, 11) is 1.90. The van der Waals surface area contributed by atoms with Crippen LogP contribution in [-0.4, -0.2) is 34.2 Å². The maximum Gasteiger partial charge on any atom is 0.239 e. The maximum atomic E-state index is 12.2. The van der Waals surface area contributed by atoms with Crippen LogP contribution >= 0.6 is 23.2 Å². The second-order valence-electron chi connectivity index (χ2n) is 5.95. The average molecular weight is 389 g/mol. The highest BCUT2D eigenvalue weighted by molar-refractivity contribution is 6.42. The normalized spacial score (nSPS) is 10.9. The van der Waals surface area contributed by atoms with Crippen LogP contribution < -0.4 is 5.32 Å². The zero-order chi connectivity index (χ0) is 18.5. The van der Waals surface area contributed by atoms with Crippen molar-refractivity contribution in [1.29, 1.82) is 0 Å². The Morgan fingerprint density at radius 2 is 1.88 bits per heavy atom. The van der Waals surface area contributed by atoms with Gasteiger partial charge < -0.3 is 5.32 Å². The number of hydrogen-bond donors (Lipinski definition) is 1. The zero-order valence-corrected chi connectivity index (χ0v) is 15.7. The minimum atomic E-state index is -0.122. The molecular weight excluding hydrogens is 371 g/mol. The average Bonchev–Trinajstić information content (AvgIpc) is 3.06. The van der Waals surface area contributed by atoms with Gasteiger partial charge >= 0.3 is 0 Å². The standard InChI is InChI=1S/C19H18Cl2N4O/c1-24(12-14-5-3-2-4-6-14)13-19(26)22-18-9-10-25(23-18)15-7-8-16(20)17(21)11-15/h2-11H,12-13H2,1H3,(H,22,23,26). The van der Waals surface area contributed by atoms with Crippen LogP contribution in [0.4, 0.5) is 5.82 Å². The van der Waals surface area contributed by atoms with Gasteiger partial charge in [-0.15, -0.1) is 0 Å². The van der Waals surface area contributed by atoms with Crippen molar-refractivity contribution >= 4 is 34.9 Å². The second-order valence-corrected chi connectivity index (χ2v) is 6.76. The van der Waals surface area contributed by atoms with E-state index < -0.39 is 0 Å². The zero-order valence-electron chi connectivity index (χ0n) is 14.2. The van der Waals surface area contributed by atoms with Crippen molar-refractivity contribution in [3.05, 3.63) is 76.4 Å². The van der Waals surface area contributed by atoms with Crippen LogP contribution in [-0.2, 0) is 11.3 Å². The quantitative estimate of drug-likeness (QED) is 0.686. The number of carbonyl (C=O) groups excluding carboxylic acids is 1.